The molecule has 0 spiro atoms. The number of hydrogen-bond donors (Lipinski definition) is 3. The van der Waals surface area contributed by atoms with Crippen LogP contribution in [-0.2, 0) is 19.1 Å². The zero-order chi connectivity index (χ0) is 47.3. The van der Waals surface area contributed by atoms with E-state index in [4.69, 9.17) is 28.9 Å². The third kappa shape index (κ3) is 13.6. The van der Waals surface area contributed by atoms with Crippen molar-refractivity contribution in [1.82, 2.24) is 4.90 Å². The summed E-state index contributed by atoms with van der Waals surface area (Å²) in [6.07, 6.45) is 19.8. The van der Waals surface area contributed by atoms with Gasteiger partial charge in [-0.2, -0.15) is 0 Å². The van der Waals surface area contributed by atoms with E-state index < -0.39 is 17.7 Å². The van der Waals surface area contributed by atoms with Gasteiger partial charge >= 0.3 is 0 Å². The van der Waals surface area contributed by atoms with Gasteiger partial charge in [0.05, 0.1) is 38.1 Å². The average molecular weight is 923 g/mol. The van der Waals surface area contributed by atoms with E-state index in [9.17, 15) is 20.1 Å². The molecule has 67 heavy (non-hydrogen) atoms. The minimum atomic E-state index is -1.36. The number of unbranched alkanes of at least 4 members (excludes halogenated alkanes) is 10. The first-order chi connectivity index (χ1) is 32.9. The Hall–Kier alpha value is -4.52. The highest BCUT2D eigenvalue weighted by molar-refractivity contribution is 6.03. The number of amides is 1. The van der Waals surface area contributed by atoms with Crippen LogP contribution in [0.15, 0.2) is 102 Å². The highest BCUT2D eigenvalue weighted by Gasteiger charge is 2.65. The standard InChI is InChI=1S/C56H78N2O9/c1-4-6-7-8-9-10-11-12-16-25-53(62)58(32-37-64-38-35-61)52-41-50(57-63-3)48-39-44(23-17-19-33-59)47(24-18-20-34-60)54-49-40-46(30-31-51(49)67-56(52,55(48)54)65-36-5-2)66-45-28-26-43(27-29-45)42-21-14-13-15-22-42/h5,13-15,21-22,26-31,39-40,44,47,52,54-55,59-61H,2,4,6-12,16-20,23-25,32-38,41H2,1,3H3/t44-,47+,52-,54+,55+,56+/m0/s1. The number of benzene rings is 3. The molecule has 0 saturated heterocycles. The fourth-order valence-electron chi connectivity index (χ4n) is 10.8. The molecule has 0 bridgehead atoms. The molecular weight excluding hydrogens is 845 g/mol. The molecule has 0 unspecified atom stereocenters. The maximum absolute atomic E-state index is 14.9. The molecule has 1 heterocycles. The van der Waals surface area contributed by atoms with Gasteiger partial charge in [-0.3, -0.25) is 4.79 Å². The third-order valence-corrected chi connectivity index (χ3v) is 13.9. The predicted octanol–water partition coefficient (Wildman–Crippen LogP) is 11.2. The van der Waals surface area contributed by atoms with E-state index in [0.717, 1.165) is 72.9 Å². The smallest absolute Gasteiger partial charge is 0.239 e. The van der Waals surface area contributed by atoms with E-state index in [1.807, 2.05) is 47.4 Å². The molecule has 3 aromatic rings. The van der Waals surface area contributed by atoms with E-state index in [1.165, 1.54) is 38.5 Å². The van der Waals surface area contributed by atoms with Gasteiger partial charge in [0.25, 0.3) is 0 Å². The second-order valence-corrected chi connectivity index (χ2v) is 18.4. The van der Waals surface area contributed by atoms with E-state index in [1.54, 1.807) is 13.2 Å². The lowest BCUT2D eigenvalue weighted by Gasteiger charge is -2.60. The maximum atomic E-state index is 14.9. The second-order valence-electron chi connectivity index (χ2n) is 18.4. The van der Waals surface area contributed by atoms with Gasteiger partial charge < -0.3 is 44.0 Å². The molecular formula is C56H78N2O9. The van der Waals surface area contributed by atoms with Crippen molar-refractivity contribution in [2.75, 3.05) is 53.3 Å². The molecule has 11 heteroatoms. The summed E-state index contributed by atoms with van der Waals surface area (Å²) in [6, 6.07) is 23.8. The van der Waals surface area contributed by atoms with Gasteiger partial charge in [-0.1, -0.05) is 131 Å². The molecule has 6 rings (SSSR count). The molecule has 3 aromatic carbocycles. The van der Waals surface area contributed by atoms with Crippen LogP contribution < -0.4 is 9.47 Å². The number of carbonyl (C=O) groups is 1. The number of oxime groups is 1. The van der Waals surface area contributed by atoms with Crippen LogP contribution >= 0.6 is 0 Å². The predicted molar refractivity (Wildman–Crippen MR) is 265 cm³/mol. The Kier molecular flexibility index (Phi) is 21.3. The van der Waals surface area contributed by atoms with Crippen LogP contribution in [0.25, 0.3) is 11.1 Å². The Morgan fingerprint density at radius 2 is 1.51 bits per heavy atom. The quantitative estimate of drug-likeness (QED) is 0.0327. The number of nitrogens with zero attached hydrogens (tertiary/aromatic N) is 2. The Labute approximate surface area is 400 Å². The number of allylic oxidation sites excluding steroid dienone is 1. The summed E-state index contributed by atoms with van der Waals surface area (Å²) >= 11 is 0. The van der Waals surface area contributed by atoms with Gasteiger partial charge in [-0.05, 0) is 91.0 Å². The largest absolute Gasteiger partial charge is 0.459 e. The molecule has 366 valence electrons. The highest BCUT2D eigenvalue weighted by Crippen LogP contribution is 2.62. The van der Waals surface area contributed by atoms with Crippen LogP contribution in [0.3, 0.4) is 0 Å². The summed E-state index contributed by atoms with van der Waals surface area (Å²) in [4.78, 5) is 22.4. The number of hydrogen-bond acceptors (Lipinski definition) is 10. The zero-order valence-corrected chi connectivity index (χ0v) is 40.3. The molecule has 1 saturated carbocycles. The van der Waals surface area contributed by atoms with Crippen LogP contribution in [0.1, 0.15) is 128 Å². The van der Waals surface area contributed by atoms with E-state index in [2.05, 4.69) is 49.9 Å². The average Bonchev–Trinajstić information content (AvgIpc) is 3.35. The van der Waals surface area contributed by atoms with Gasteiger partial charge in [0, 0.05) is 44.1 Å². The van der Waals surface area contributed by atoms with Crippen LogP contribution in [0, 0.1) is 17.8 Å². The van der Waals surface area contributed by atoms with Crippen molar-refractivity contribution < 1.29 is 43.9 Å². The lowest BCUT2D eigenvalue weighted by atomic mass is 9.55. The molecule has 3 N–H and O–H groups in total. The van der Waals surface area contributed by atoms with Crippen LogP contribution in [0.2, 0.25) is 0 Å². The summed E-state index contributed by atoms with van der Waals surface area (Å²) < 4.78 is 27.1. The van der Waals surface area contributed by atoms with Crippen molar-refractivity contribution in [2.24, 2.45) is 22.9 Å². The monoisotopic (exact) mass is 923 g/mol. The van der Waals surface area contributed by atoms with Crippen LogP contribution in [0.4, 0.5) is 0 Å². The zero-order valence-electron chi connectivity index (χ0n) is 40.3. The van der Waals surface area contributed by atoms with Gasteiger partial charge in [0.1, 0.15) is 30.4 Å². The fraction of sp³-hybridized carbons (Fsp3) is 0.571. The molecule has 2 aliphatic carbocycles. The minimum absolute atomic E-state index is 0.00326. The van der Waals surface area contributed by atoms with E-state index in [-0.39, 0.29) is 69.8 Å². The first-order valence-corrected chi connectivity index (χ1v) is 25.4. The normalized spacial score (nSPS) is 22.3. The Bertz CT molecular complexity index is 2000. The van der Waals surface area contributed by atoms with Crippen LogP contribution in [0.5, 0.6) is 17.2 Å². The third-order valence-electron chi connectivity index (χ3n) is 13.9. The van der Waals surface area contributed by atoms with Crippen molar-refractivity contribution in [3.05, 3.63) is 103 Å². The molecule has 1 fully saturated rings. The number of carbonyl (C=O) groups excluding carboxylic acids is 1. The van der Waals surface area contributed by atoms with Gasteiger partial charge in [0.2, 0.25) is 11.7 Å². The Morgan fingerprint density at radius 1 is 0.821 bits per heavy atom. The molecule has 1 aliphatic heterocycles. The fourth-order valence-corrected chi connectivity index (χ4v) is 10.8. The van der Waals surface area contributed by atoms with Crippen LogP contribution in [-0.4, -0.2) is 97.0 Å². The van der Waals surface area contributed by atoms with Crippen molar-refractivity contribution in [3.8, 4) is 28.4 Å². The molecule has 0 aromatic heterocycles. The van der Waals surface area contributed by atoms with Gasteiger partial charge in [-0.25, -0.2) is 0 Å². The maximum Gasteiger partial charge on any atom is 0.239 e. The molecule has 11 nitrogen and oxygen atoms in total. The van der Waals surface area contributed by atoms with E-state index in [0.29, 0.717) is 42.9 Å². The SMILES string of the molecule is C=CCO[C@@]12Oc3ccc(Oc4ccc(-c5ccccc5)cc4)cc3[C@H]3[C@H](CCCCO)[C@@H](CCCCO)C=C(C(=NOC)C[C@@H]1N(CCOCCO)C(=O)CCCCCCCCCCC)[C@H]32. The second kappa shape index (κ2) is 27.5. The first kappa shape index (κ1) is 51.9. The summed E-state index contributed by atoms with van der Waals surface area (Å²) in [7, 11) is 1.56. The molecule has 0 radical (unpaired) electrons. The van der Waals surface area contributed by atoms with Gasteiger partial charge in [0.15, 0.2) is 0 Å². The van der Waals surface area contributed by atoms with Gasteiger partial charge in [-0.15, -0.1) is 6.58 Å². The summed E-state index contributed by atoms with van der Waals surface area (Å²) in [5, 5.41) is 34.3. The summed E-state index contributed by atoms with van der Waals surface area (Å²) in [5.74, 6) is 0.260. The number of aliphatic hydroxyl groups excluding tert-OH is 3. The molecule has 6 atom stereocenters. The van der Waals surface area contributed by atoms with E-state index >= 15 is 0 Å². The lowest BCUT2D eigenvalue weighted by molar-refractivity contribution is -0.258. The van der Waals surface area contributed by atoms with Crippen molar-refractivity contribution in [2.45, 2.75) is 134 Å². The summed E-state index contributed by atoms with van der Waals surface area (Å²) in [5.41, 5.74) is 4.95. The highest BCUT2D eigenvalue weighted by atomic mass is 16.7. The molecule has 3 aliphatic rings. The lowest BCUT2D eigenvalue weighted by Crippen LogP contribution is -2.70. The number of rotatable bonds is 31. The number of aliphatic hydroxyl groups is 3. The topological polar surface area (TPSA) is 140 Å². The Morgan fingerprint density at radius 3 is 2.19 bits per heavy atom. The van der Waals surface area contributed by atoms with Crippen molar-refractivity contribution in [3.63, 3.8) is 0 Å². The van der Waals surface area contributed by atoms with Crippen molar-refractivity contribution >= 4 is 11.6 Å². The first-order valence-electron chi connectivity index (χ1n) is 25.4. The minimum Gasteiger partial charge on any atom is -0.459 e. The van der Waals surface area contributed by atoms with Crippen molar-refractivity contribution in [1.29, 1.82) is 0 Å². The summed E-state index contributed by atoms with van der Waals surface area (Å²) in [6.45, 7) is 7.25. The Balaban J connectivity index is 1.43. The number of fused-ring (bicyclic) bond motifs is 2. The number of ether oxygens (including phenoxy) is 4. The molecule has 1 amide bonds.